The first-order chi connectivity index (χ1) is 8.16. The van der Waals surface area contributed by atoms with Gasteiger partial charge >= 0.3 is 0 Å². The van der Waals surface area contributed by atoms with E-state index in [0.29, 0.717) is 18.7 Å². The zero-order valence-electron chi connectivity index (χ0n) is 10.1. The molecule has 100 valence electrons. The Bertz CT molecular complexity index is 422. The maximum atomic E-state index is 13.1. The van der Waals surface area contributed by atoms with Crippen molar-refractivity contribution in [2.45, 2.75) is 12.0 Å². The number of carbonyl (C=O) groups excluding carboxylic acids is 1. The SMILES string of the molecule is CNC(=O)C1(Nc2cccc(F)c2)CCNC1.Cl. The molecule has 1 aliphatic rings. The molecule has 0 radical (unpaired) electrons. The fourth-order valence-corrected chi connectivity index (χ4v) is 2.13. The van der Waals surface area contributed by atoms with Gasteiger partial charge in [0.15, 0.2) is 0 Å². The molecule has 4 nitrogen and oxygen atoms in total. The first-order valence-corrected chi connectivity index (χ1v) is 5.63. The van der Waals surface area contributed by atoms with Crippen LogP contribution in [0.25, 0.3) is 0 Å². The van der Waals surface area contributed by atoms with Crippen LogP contribution >= 0.6 is 12.4 Å². The highest BCUT2D eigenvalue weighted by molar-refractivity contribution is 5.90. The summed E-state index contributed by atoms with van der Waals surface area (Å²) in [5.41, 5.74) is -0.0555. The third kappa shape index (κ3) is 2.91. The first-order valence-electron chi connectivity index (χ1n) is 5.63. The molecule has 1 aromatic carbocycles. The molecule has 1 aliphatic heterocycles. The summed E-state index contributed by atoms with van der Waals surface area (Å²) in [6.07, 6.45) is 0.684. The summed E-state index contributed by atoms with van der Waals surface area (Å²) in [7, 11) is 1.61. The Morgan fingerprint density at radius 2 is 2.28 bits per heavy atom. The van der Waals surface area contributed by atoms with Gasteiger partial charge in [0.25, 0.3) is 0 Å². The molecule has 1 unspecified atom stereocenters. The lowest BCUT2D eigenvalue weighted by Crippen LogP contribution is -2.53. The van der Waals surface area contributed by atoms with Crippen LogP contribution in [0.3, 0.4) is 0 Å². The topological polar surface area (TPSA) is 53.2 Å². The summed E-state index contributed by atoms with van der Waals surface area (Å²) in [6, 6.07) is 6.15. The number of halogens is 2. The monoisotopic (exact) mass is 273 g/mol. The quantitative estimate of drug-likeness (QED) is 0.774. The number of hydrogen-bond acceptors (Lipinski definition) is 3. The number of amides is 1. The average Bonchev–Trinajstić information content (AvgIpc) is 2.78. The van der Waals surface area contributed by atoms with Gasteiger partial charge in [-0.2, -0.15) is 0 Å². The van der Waals surface area contributed by atoms with Gasteiger partial charge in [-0.1, -0.05) is 6.07 Å². The number of likely N-dealkylation sites (N-methyl/N-ethyl adjacent to an activating group) is 1. The molecule has 0 aromatic heterocycles. The minimum atomic E-state index is -0.678. The van der Waals surface area contributed by atoms with Crippen molar-refractivity contribution in [2.24, 2.45) is 0 Å². The van der Waals surface area contributed by atoms with Crippen LogP contribution in [0.1, 0.15) is 6.42 Å². The van der Waals surface area contributed by atoms with E-state index in [1.54, 1.807) is 19.2 Å². The largest absolute Gasteiger partial charge is 0.370 e. The molecule has 0 aliphatic carbocycles. The van der Waals surface area contributed by atoms with Gasteiger partial charge < -0.3 is 16.0 Å². The highest BCUT2D eigenvalue weighted by Crippen LogP contribution is 2.22. The van der Waals surface area contributed by atoms with E-state index in [1.807, 2.05) is 0 Å². The van der Waals surface area contributed by atoms with Gasteiger partial charge in [-0.3, -0.25) is 4.79 Å². The molecule has 2 rings (SSSR count). The standard InChI is InChI=1S/C12H16FN3O.ClH/c1-14-11(17)12(5-6-15-8-12)16-10-4-2-3-9(13)7-10;/h2-4,7,15-16H,5-6,8H2,1H3,(H,14,17);1H. The Hall–Kier alpha value is -1.33. The van der Waals surface area contributed by atoms with Gasteiger partial charge in [0.2, 0.25) is 5.91 Å². The van der Waals surface area contributed by atoms with Gasteiger partial charge in [0.05, 0.1) is 0 Å². The average molecular weight is 274 g/mol. The molecule has 1 saturated heterocycles. The van der Waals surface area contributed by atoms with Gasteiger partial charge in [0, 0.05) is 19.3 Å². The van der Waals surface area contributed by atoms with E-state index < -0.39 is 5.54 Å². The maximum Gasteiger partial charge on any atom is 0.246 e. The van der Waals surface area contributed by atoms with E-state index in [2.05, 4.69) is 16.0 Å². The Kier molecular flexibility index (Phi) is 4.93. The minimum Gasteiger partial charge on any atom is -0.370 e. The molecule has 3 N–H and O–H groups in total. The van der Waals surface area contributed by atoms with Crippen molar-refractivity contribution in [3.05, 3.63) is 30.1 Å². The predicted molar refractivity (Wildman–Crippen MR) is 71.6 cm³/mol. The van der Waals surface area contributed by atoms with Crippen molar-refractivity contribution in [1.82, 2.24) is 10.6 Å². The summed E-state index contributed by atoms with van der Waals surface area (Å²) < 4.78 is 13.1. The van der Waals surface area contributed by atoms with Crippen LogP contribution < -0.4 is 16.0 Å². The number of hydrogen-bond donors (Lipinski definition) is 3. The zero-order chi connectivity index (χ0) is 12.3. The highest BCUT2D eigenvalue weighted by atomic mass is 35.5. The zero-order valence-corrected chi connectivity index (χ0v) is 10.9. The Balaban J connectivity index is 0.00000162. The van der Waals surface area contributed by atoms with Crippen LogP contribution in [-0.2, 0) is 4.79 Å². The van der Waals surface area contributed by atoms with E-state index in [0.717, 1.165) is 6.54 Å². The Morgan fingerprint density at radius 3 is 2.83 bits per heavy atom. The third-order valence-corrected chi connectivity index (χ3v) is 3.03. The normalized spacial score (nSPS) is 22.1. The van der Waals surface area contributed by atoms with Gasteiger partial charge in [-0.25, -0.2) is 4.39 Å². The van der Waals surface area contributed by atoms with Crippen molar-refractivity contribution < 1.29 is 9.18 Å². The summed E-state index contributed by atoms with van der Waals surface area (Å²) in [6.45, 7) is 1.32. The van der Waals surface area contributed by atoms with Crippen LogP contribution in [0, 0.1) is 5.82 Å². The number of carbonyl (C=O) groups is 1. The number of rotatable bonds is 3. The van der Waals surface area contributed by atoms with Crippen LogP contribution in [-0.4, -0.2) is 31.6 Å². The highest BCUT2D eigenvalue weighted by Gasteiger charge is 2.40. The Labute approximate surface area is 112 Å². The van der Waals surface area contributed by atoms with E-state index in [1.165, 1.54) is 12.1 Å². The number of benzene rings is 1. The predicted octanol–water partition coefficient (Wildman–Crippen LogP) is 1.14. The molecule has 18 heavy (non-hydrogen) atoms. The van der Waals surface area contributed by atoms with Gasteiger partial charge in [-0.05, 0) is 31.2 Å². The van der Waals surface area contributed by atoms with Gasteiger partial charge in [0.1, 0.15) is 11.4 Å². The fourth-order valence-electron chi connectivity index (χ4n) is 2.13. The second kappa shape index (κ2) is 6.02. The summed E-state index contributed by atoms with van der Waals surface area (Å²) in [5, 5.41) is 8.92. The third-order valence-electron chi connectivity index (χ3n) is 3.03. The van der Waals surface area contributed by atoms with Crippen LogP contribution in [0.15, 0.2) is 24.3 Å². The van der Waals surface area contributed by atoms with Crippen molar-refractivity contribution in [2.75, 3.05) is 25.5 Å². The molecule has 1 heterocycles. The van der Waals surface area contributed by atoms with Crippen molar-refractivity contribution in [1.29, 1.82) is 0 Å². The van der Waals surface area contributed by atoms with Crippen molar-refractivity contribution >= 4 is 24.0 Å². The number of nitrogens with one attached hydrogen (secondary N) is 3. The van der Waals surface area contributed by atoms with E-state index in [-0.39, 0.29) is 24.1 Å². The smallest absolute Gasteiger partial charge is 0.246 e. The molecule has 0 bridgehead atoms. The summed E-state index contributed by atoms with van der Waals surface area (Å²) >= 11 is 0. The molecular formula is C12H17ClFN3O. The van der Waals surface area contributed by atoms with Crippen LogP contribution in [0.2, 0.25) is 0 Å². The minimum absolute atomic E-state index is 0. The second-order valence-electron chi connectivity index (χ2n) is 4.22. The van der Waals surface area contributed by atoms with Crippen LogP contribution in [0.4, 0.5) is 10.1 Å². The first kappa shape index (κ1) is 14.7. The van der Waals surface area contributed by atoms with Crippen molar-refractivity contribution in [3.8, 4) is 0 Å². The summed E-state index contributed by atoms with van der Waals surface area (Å²) in [4.78, 5) is 11.9. The molecule has 1 fully saturated rings. The molecular weight excluding hydrogens is 257 g/mol. The summed E-state index contributed by atoms with van der Waals surface area (Å²) in [5.74, 6) is -0.389. The van der Waals surface area contributed by atoms with Crippen LogP contribution in [0.5, 0.6) is 0 Å². The molecule has 0 spiro atoms. The van der Waals surface area contributed by atoms with E-state index >= 15 is 0 Å². The van der Waals surface area contributed by atoms with Crippen molar-refractivity contribution in [3.63, 3.8) is 0 Å². The van der Waals surface area contributed by atoms with Gasteiger partial charge in [-0.15, -0.1) is 12.4 Å². The lowest BCUT2D eigenvalue weighted by molar-refractivity contribution is -0.124. The number of anilines is 1. The van der Waals surface area contributed by atoms with E-state index in [4.69, 9.17) is 0 Å². The Morgan fingerprint density at radius 1 is 1.50 bits per heavy atom. The second-order valence-corrected chi connectivity index (χ2v) is 4.22. The molecule has 1 atom stereocenters. The molecule has 0 saturated carbocycles. The molecule has 1 aromatic rings. The maximum absolute atomic E-state index is 13.1. The lowest BCUT2D eigenvalue weighted by atomic mass is 9.97. The van der Waals surface area contributed by atoms with E-state index in [9.17, 15) is 9.18 Å². The molecule has 1 amide bonds. The molecule has 6 heteroatoms. The lowest BCUT2D eigenvalue weighted by Gasteiger charge is -2.28. The fraction of sp³-hybridized carbons (Fsp3) is 0.417.